The van der Waals surface area contributed by atoms with Crippen LogP contribution in [0, 0.1) is 17.8 Å². The monoisotopic (exact) mass is 1560 g/mol. The van der Waals surface area contributed by atoms with Gasteiger partial charge in [-0.1, -0.05) is 414 Å². The molecule has 0 radical (unpaired) electrons. The van der Waals surface area contributed by atoms with Gasteiger partial charge in [-0.25, -0.2) is 9.13 Å². The Balaban J connectivity index is 5.25. The second-order valence-corrected chi connectivity index (χ2v) is 36.0. The van der Waals surface area contributed by atoms with E-state index < -0.39 is 97.5 Å². The van der Waals surface area contributed by atoms with Crippen molar-refractivity contribution in [2.75, 3.05) is 39.6 Å². The van der Waals surface area contributed by atoms with Crippen LogP contribution in [0.1, 0.15) is 466 Å². The summed E-state index contributed by atoms with van der Waals surface area (Å²) in [6, 6.07) is 0. The normalized spacial score (nSPS) is 13.8. The molecule has 0 aromatic heterocycles. The van der Waals surface area contributed by atoms with E-state index in [4.69, 9.17) is 37.0 Å². The molecule has 0 heterocycles. The average Bonchev–Trinajstić information content (AvgIpc) is 0.900. The van der Waals surface area contributed by atoms with Gasteiger partial charge in [-0.3, -0.25) is 37.3 Å². The molecule has 0 aromatic rings. The zero-order valence-electron chi connectivity index (χ0n) is 70.6. The molecule has 0 saturated carbocycles. The maximum absolute atomic E-state index is 13.2. The van der Waals surface area contributed by atoms with E-state index in [1.165, 1.54) is 276 Å². The molecule has 3 N–H and O–H groups in total. The van der Waals surface area contributed by atoms with Crippen LogP contribution in [-0.2, 0) is 65.4 Å². The minimum atomic E-state index is -4.97. The van der Waals surface area contributed by atoms with E-state index in [2.05, 4.69) is 48.5 Å². The summed E-state index contributed by atoms with van der Waals surface area (Å²) in [5.41, 5.74) is 0. The third-order valence-corrected chi connectivity index (χ3v) is 22.5. The van der Waals surface area contributed by atoms with Crippen molar-refractivity contribution >= 4 is 39.5 Å². The summed E-state index contributed by atoms with van der Waals surface area (Å²) in [6.07, 6.45) is 69.5. The van der Waals surface area contributed by atoms with E-state index in [0.717, 1.165) is 108 Å². The number of phosphoric acid groups is 2. The van der Waals surface area contributed by atoms with Crippen molar-refractivity contribution in [2.24, 2.45) is 17.8 Å². The van der Waals surface area contributed by atoms with Crippen LogP contribution in [0.5, 0.6) is 0 Å². The summed E-state index contributed by atoms with van der Waals surface area (Å²) in [7, 11) is -9.93. The Morgan fingerprint density at radius 2 is 0.430 bits per heavy atom. The largest absolute Gasteiger partial charge is 0.472 e. The van der Waals surface area contributed by atoms with Crippen LogP contribution in [-0.4, -0.2) is 96.7 Å². The first-order chi connectivity index (χ1) is 51.7. The van der Waals surface area contributed by atoms with Crippen LogP contribution in [0.3, 0.4) is 0 Å². The molecule has 5 atom stereocenters. The Labute approximate surface area is 658 Å². The van der Waals surface area contributed by atoms with Gasteiger partial charge < -0.3 is 33.8 Å². The van der Waals surface area contributed by atoms with Gasteiger partial charge in [0.05, 0.1) is 26.4 Å². The van der Waals surface area contributed by atoms with E-state index in [1.54, 1.807) is 0 Å². The maximum Gasteiger partial charge on any atom is 0.472 e. The zero-order valence-corrected chi connectivity index (χ0v) is 72.4. The van der Waals surface area contributed by atoms with Crippen LogP contribution >= 0.6 is 15.6 Å². The molecule has 0 aliphatic carbocycles. The molecular weight excluding hydrogens is 1390 g/mol. The summed E-state index contributed by atoms with van der Waals surface area (Å²) in [4.78, 5) is 73.3. The number of aliphatic hydroxyl groups is 1. The molecule has 0 aromatic carbocycles. The van der Waals surface area contributed by atoms with Crippen molar-refractivity contribution in [3.63, 3.8) is 0 Å². The molecule has 0 fully saturated rings. The van der Waals surface area contributed by atoms with Gasteiger partial charge in [0.25, 0.3) is 0 Å². The molecule has 0 bridgehead atoms. The van der Waals surface area contributed by atoms with Crippen LogP contribution in [0.4, 0.5) is 0 Å². The van der Waals surface area contributed by atoms with Crippen LogP contribution in [0.25, 0.3) is 0 Å². The number of carbonyl (C=O) groups excluding carboxylic acids is 4. The summed E-state index contributed by atoms with van der Waals surface area (Å²) in [5, 5.41) is 10.7. The lowest BCUT2D eigenvalue weighted by Crippen LogP contribution is -2.30. The molecule has 19 heteroatoms. The predicted octanol–water partition coefficient (Wildman–Crippen LogP) is 26.9. The fraction of sp³-hybridized carbons (Fsp3) is 0.955. The number of ether oxygens (including phenoxy) is 4. The van der Waals surface area contributed by atoms with Gasteiger partial charge in [0, 0.05) is 25.7 Å². The predicted molar refractivity (Wildman–Crippen MR) is 441 cm³/mol. The third-order valence-electron chi connectivity index (χ3n) is 20.6. The summed E-state index contributed by atoms with van der Waals surface area (Å²) < 4.78 is 69.0. The Morgan fingerprint density at radius 3 is 0.636 bits per heavy atom. The summed E-state index contributed by atoms with van der Waals surface area (Å²) in [6.45, 7) is 12.0. The number of phosphoric ester groups is 2. The molecule has 2 unspecified atom stereocenters. The average molecular weight is 1560 g/mol. The SMILES string of the molecule is CCCCCCCCCCCCCCCCCCCCCCCC(=O)O[C@H](COC(=O)CCCCCCCCCCCCCCCCCC(C)C)COP(=O)(O)OC[C@@H](O)COP(=O)(O)OC[C@@H](COC(=O)CCCCCCCCCCCC(C)C)OC(=O)CCCCCCCCCCCCCCCC(C)C. The van der Waals surface area contributed by atoms with Gasteiger partial charge in [-0.05, 0) is 43.4 Å². The molecule has 0 spiro atoms. The highest BCUT2D eigenvalue weighted by atomic mass is 31.2. The second kappa shape index (κ2) is 78.0. The number of rotatable bonds is 86. The van der Waals surface area contributed by atoms with E-state index in [-0.39, 0.29) is 25.7 Å². The van der Waals surface area contributed by atoms with Gasteiger partial charge >= 0.3 is 39.5 Å². The van der Waals surface area contributed by atoms with Gasteiger partial charge in [-0.15, -0.1) is 0 Å². The fourth-order valence-corrected chi connectivity index (χ4v) is 15.3. The molecule has 0 aliphatic heterocycles. The molecule has 636 valence electrons. The Morgan fingerprint density at radius 1 is 0.252 bits per heavy atom. The molecule has 0 saturated heterocycles. The van der Waals surface area contributed by atoms with Crippen molar-refractivity contribution < 1.29 is 80.2 Å². The highest BCUT2D eigenvalue weighted by molar-refractivity contribution is 7.47. The van der Waals surface area contributed by atoms with Crippen molar-refractivity contribution in [3.8, 4) is 0 Å². The smallest absolute Gasteiger partial charge is 0.462 e. The first-order valence-electron chi connectivity index (χ1n) is 45.3. The second-order valence-electron chi connectivity index (χ2n) is 33.1. The first-order valence-corrected chi connectivity index (χ1v) is 48.3. The lowest BCUT2D eigenvalue weighted by molar-refractivity contribution is -0.161. The number of unbranched alkanes of at least 4 members (excludes halogenated alkanes) is 54. The van der Waals surface area contributed by atoms with Crippen molar-refractivity contribution in [3.05, 3.63) is 0 Å². The Hall–Kier alpha value is -1.94. The van der Waals surface area contributed by atoms with Crippen molar-refractivity contribution in [1.29, 1.82) is 0 Å². The standard InChI is InChI=1S/C88H172O17P2/c1-8-9-10-11-12-13-14-15-16-17-18-19-20-21-24-30-35-42-50-57-64-71-87(92)104-83(75-98-85(90)69-62-55-48-41-34-29-25-22-23-27-32-38-45-52-59-66-79(2)3)77-102-106(94,95)100-73-82(89)74-101-107(96,97)103-78-84(76-99-86(91)70-63-56-49-44-37-40-47-54-61-68-81(6)7)105-88(93)72-65-58-51-43-36-31-26-28-33-39-46-53-60-67-80(4)5/h79-84,89H,8-78H2,1-7H3,(H,94,95)(H,96,97)/t82-,83-,84-/m1/s1. The van der Waals surface area contributed by atoms with Gasteiger partial charge in [-0.2, -0.15) is 0 Å². The highest BCUT2D eigenvalue weighted by Crippen LogP contribution is 2.45. The number of hydrogen-bond acceptors (Lipinski definition) is 15. The van der Waals surface area contributed by atoms with Crippen LogP contribution in [0.15, 0.2) is 0 Å². The van der Waals surface area contributed by atoms with E-state index in [9.17, 15) is 43.2 Å². The number of carbonyl (C=O) groups is 4. The Bertz CT molecular complexity index is 2060. The number of aliphatic hydroxyl groups excluding tert-OH is 1. The third kappa shape index (κ3) is 81.9. The molecule has 107 heavy (non-hydrogen) atoms. The maximum atomic E-state index is 13.2. The van der Waals surface area contributed by atoms with Gasteiger partial charge in [0.2, 0.25) is 0 Å². The van der Waals surface area contributed by atoms with E-state index >= 15 is 0 Å². The minimum Gasteiger partial charge on any atom is -0.462 e. The Kier molecular flexibility index (Phi) is 76.6. The molecule has 0 rings (SSSR count). The molecule has 0 aliphatic rings. The lowest BCUT2D eigenvalue weighted by atomic mass is 10.0. The topological polar surface area (TPSA) is 237 Å². The zero-order chi connectivity index (χ0) is 78.6. The number of esters is 4. The van der Waals surface area contributed by atoms with E-state index in [1.807, 2.05) is 0 Å². The van der Waals surface area contributed by atoms with Crippen LogP contribution < -0.4 is 0 Å². The fourth-order valence-electron chi connectivity index (χ4n) is 13.7. The lowest BCUT2D eigenvalue weighted by Gasteiger charge is -2.21. The van der Waals surface area contributed by atoms with Crippen LogP contribution in [0.2, 0.25) is 0 Å². The molecule has 0 amide bonds. The minimum absolute atomic E-state index is 0.107. The highest BCUT2D eigenvalue weighted by Gasteiger charge is 2.31. The molecule has 17 nitrogen and oxygen atoms in total. The quantitative estimate of drug-likeness (QED) is 0.0222. The van der Waals surface area contributed by atoms with Crippen molar-refractivity contribution in [2.45, 2.75) is 484 Å². The van der Waals surface area contributed by atoms with Gasteiger partial charge in [0.15, 0.2) is 12.2 Å². The number of hydrogen-bond donors (Lipinski definition) is 3. The molecular formula is C88H172O17P2. The van der Waals surface area contributed by atoms with E-state index in [0.29, 0.717) is 25.7 Å². The van der Waals surface area contributed by atoms with Gasteiger partial charge in [0.1, 0.15) is 19.3 Å². The summed E-state index contributed by atoms with van der Waals surface area (Å²) in [5.74, 6) is 0.234. The van der Waals surface area contributed by atoms with Crippen molar-refractivity contribution in [1.82, 2.24) is 0 Å². The summed E-state index contributed by atoms with van der Waals surface area (Å²) >= 11 is 0. The first kappa shape index (κ1) is 105.